The fourth-order valence-corrected chi connectivity index (χ4v) is 2.55. The van der Waals surface area contributed by atoms with Crippen LogP contribution in [0.15, 0.2) is 24.7 Å². The predicted octanol–water partition coefficient (Wildman–Crippen LogP) is 2.63. The van der Waals surface area contributed by atoms with Crippen molar-refractivity contribution in [3.8, 4) is 11.5 Å². The lowest BCUT2D eigenvalue weighted by Crippen LogP contribution is -2.04. The summed E-state index contributed by atoms with van der Waals surface area (Å²) in [5.74, 6) is 2.06. The minimum Gasteiger partial charge on any atom is -0.373 e. The summed E-state index contributed by atoms with van der Waals surface area (Å²) >= 11 is 0. The van der Waals surface area contributed by atoms with Crippen LogP contribution >= 0.6 is 0 Å². The predicted molar refractivity (Wildman–Crippen MR) is 73.8 cm³/mol. The van der Waals surface area contributed by atoms with Gasteiger partial charge in [-0.25, -0.2) is 15.0 Å². The van der Waals surface area contributed by atoms with E-state index in [1.165, 1.54) is 25.7 Å². The summed E-state index contributed by atoms with van der Waals surface area (Å²) < 4.78 is 0. The maximum absolute atomic E-state index is 4.68. The molecule has 2 aromatic heterocycles. The van der Waals surface area contributed by atoms with Crippen LogP contribution in [0, 0.1) is 0 Å². The van der Waals surface area contributed by atoms with Crippen LogP contribution in [0.1, 0.15) is 37.3 Å². The number of nitrogens with zero attached hydrogens (tertiary/aromatic N) is 4. The molecule has 2 heterocycles. The highest BCUT2D eigenvalue weighted by molar-refractivity contribution is 5.52. The second-order valence-electron chi connectivity index (χ2n) is 4.82. The van der Waals surface area contributed by atoms with E-state index in [0.717, 1.165) is 17.2 Å². The molecule has 1 fully saturated rings. The van der Waals surface area contributed by atoms with Crippen LogP contribution in [0.25, 0.3) is 11.5 Å². The Hall–Kier alpha value is -2.04. The van der Waals surface area contributed by atoms with E-state index < -0.39 is 0 Å². The Labute approximate surface area is 112 Å². The van der Waals surface area contributed by atoms with E-state index in [9.17, 15) is 0 Å². The van der Waals surface area contributed by atoms with Crippen molar-refractivity contribution in [2.24, 2.45) is 0 Å². The van der Waals surface area contributed by atoms with Crippen molar-refractivity contribution in [3.63, 3.8) is 0 Å². The number of nitrogens with one attached hydrogen (secondary N) is 1. The SMILES string of the molecule is CNc1cc(C2CCCC2)nc(-c2cnccn2)n1. The standard InChI is InChI=1S/C14H17N5/c1-15-13-8-11(10-4-2-3-5-10)18-14(19-13)12-9-16-6-7-17-12/h6-10H,2-5H2,1H3,(H,15,18,19). The summed E-state index contributed by atoms with van der Waals surface area (Å²) in [5.41, 5.74) is 1.84. The molecule has 0 spiro atoms. The lowest BCUT2D eigenvalue weighted by molar-refractivity contribution is 0.695. The highest BCUT2D eigenvalue weighted by Gasteiger charge is 2.20. The van der Waals surface area contributed by atoms with Crippen LogP contribution < -0.4 is 5.32 Å². The zero-order valence-electron chi connectivity index (χ0n) is 11.0. The van der Waals surface area contributed by atoms with Crippen LogP contribution in [0.2, 0.25) is 0 Å². The molecular weight excluding hydrogens is 238 g/mol. The summed E-state index contributed by atoms with van der Waals surface area (Å²) in [7, 11) is 1.88. The minimum absolute atomic E-state index is 0.561. The van der Waals surface area contributed by atoms with Crippen LogP contribution in [0.5, 0.6) is 0 Å². The molecule has 3 rings (SSSR count). The first-order valence-electron chi connectivity index (χ1n) is 6.70. The normalized spacial score (nSPS) is 15.6. The molecule has 1 aliphatic carbocycles. The molecule has 0 saturated heterocycles. The highest BCUT2D eigenvalue weighted by atomic mass is 15.0. The zero-order chi connectivity index (χ0) is 13.1. The highest BCUT2D eigenvalue weighted by Crippen LogP contribution is 2.34. The molecule has 2 aromatic rings. The molecule has 0 radical (unpaired) electrons. The monoisotopic (exact) mass is 255 g/mol. The number of hydrogen-bond donors (Lipinski definition) is 1. The molecule has 1 aliphatic rings. The van der Waals surface area contributed by atoms with Crippen molar-refractivity contribution in [1.82, 2.24) is 19.9 Å². The van der Waals surface area contributed by atoms with Gasteiger partial charge in [0.1, 0.15) is 11.5 Å². The third-order valence-corrected chi connectivity index (χ3v) is 3.57. The Balaban J connectivity index is 2.02. The van der Waals surface area contributed by atoms with Gasteiger partial charge in [0.25, 0.3) is 0 Å². The molecule has 0 aliphatic heterocycles. The third-order valence-electron chi connectivity index (χ3n) is 3.57. The molecule has 98 valence electrons. The quantitative estimate of drug-likeness (QED) is 0.913. The number of aromatic nitrogens is 4. The van der Waals surface area contributed by atoms with Crippen molar-refractivity contribution in [2.75, 3.05) is 12.4 Å². The van der Waals surface area contributed by atoms with Gasteiger partial charge < -0.3 is 5.32 Å². The van der Waals surface area contributed by atoms with Crippen LogP contribution in [-0.2, 0) is 0 Å². The van der Waals surface area contributed by atoms with Crippen LogP contribution in [-0.4, -0.2) is 27.0 Å². The third kappa shape index (κ3) is 2.54. The Morgan fingerprint density at radius 2 is 2.00 bits per heavy atom. The van der Waals surface area contributed by atoms with Gasteiger partial charge >= 0.3 is 0 Å². The summed E-state index contributed by atoms with van der Waals surface area (Å²) in [4.78, 5) is 17.5. The van der Waals surface area contributed by atoms with Gasteiger partial charge in [-0.05, 0) is 12.8 Å². The maximum Gasteiger partial charge on any atom is 0.182 e. The van der Waals surface area contributed by atoms with Gasteiger partial charge in [0, 0.05) is 37.1 Å². The molecular formula is C14H17N5. The van der Waals surface area contributed by atoms with Gasteiger partial charge in [-0.2, -0.15) is 0 Å². The van der Waals surface area contributed by atoms with E-state index in [-0.39, 0.29) is 0 Å². The average Bonchev–Trinajstić information content (AvgIpc) is 3.02. The van der Waals surface area contributed by atoms with E-state index in [2.05, 4.69) is 31.3 Å². The Kier molecular flexibility index (Phi) is 3.35. The van der Waals surface area contributed by atoms with E-state index in [0.29, 0.717) is 11.7 Å². The van der Waals surface area contributed by atoms with E-state index in [1.807, 2.05) is 7.05 Å². The number of hydrogen-bond acceptors (Lipinski definition) is 5. The van der Waals surface area contributed by atoms with Crippen LogP contribution in [0.4, 0.5) is 5.82 Å². The largest absolute Gasteiger partial charge is 0.373 e. The lowest BCUT2D eigenvalue weighted by Gasteiger charge is -2.11. The van der Waals surface area contributed by atoms with Gasteiger partial charge in [-0.1, -0.05) is 12.8 Å². The van der Waals surface area contributed by atoms with Crippen molar-refractivity contribution in [1.29, 1.82) is 0 Å². The van der Waals surface area contributed by atoms with Crippen molar-refractivity contribution >= 4 is 5.82 Å². The van der Waals surface area contributed by atoms with Gasteiger partial charge in [-0.15, -0.1) is 0 Å². The smallest absolute Gasteiger partial charge is 0.182 e. The second-order valence-corrected chi connectivity index (χ2v) is 4.82. The number of anilines is 1. The molecule has 19 heavy (non-hydrogen) atoms. The topological polar surface area (TPSA) is 63.6 Å². The van der Waals surface area contributed by atoms with Gasteiger partial charge in [0.15, 0.2) is 5.82 Å². The Morgan fingerprint density at radius 1 is 1.16 bits per heavy atom. The van der Waals surface area contributed by atoms with Gasteiger partial charge in [0.05, 0.1) is 6.20 Å². The molecule has 1 saturated carbocycles. The average molecular weight is 255 g/mol. The first-order valence-corrected chi connectivity index (χ1v) is 6.70. The fourth-order valence-electron chi connectivity index (χ4n) is 2.55. The zero-order valence-corrected chi connectivity index (χ0v) is 11.0. The van der Waals surface area contributed by atoms with Crippen LogP contribution in [0.3, 0.4) is 0 Å². The first kappa shape index (κ1) is 12.0. The summed E-state index contributed by atoms with van der Waals surface area (Å²) in [6.45, 7) is 0. The molecule has 0 bridgehead atoms. The summed E-state index contributed by atoms with van der Waals surface area (Å²) in [6, 6.07) is 2.05. The van der Waals surface area contributed by atoms with Crippen molar-refractivity contribution in [3.05, 3.63) is 30.4 Å². The maximum atomic E-state index is 4.68. The molecule has 5 nitrogen and oxygen atoms in total. The fraction of sp³-hybridized carbons (Fsp3) is 0.429. The van der Waals surface area contributed by atoms with Gasteiger partial charge in [0.2, 0.25) is 0 Å². The van der Waals surface area contributed by atoms with E-state index in [4.69, 9.17) is 0 Å². The Morgan fingerprint density at radius 3 is 2.68 bits per heavy atom. The van der Waals surface area contributed by atoms with Crippen molar-refractivity contribution in [2.45, 2.75) is 31.6 Å². The second kappa shape index (κ2) is 5.30. The van der Waals surface area contributed by atoms with E-state index >= 15 is 0 Å². The molecule has 0 aromatic carbocycles. The van der Waals surface area contributed by atoms with Gasteiger partial charge in [-0.3, -0.25) is 4.98 Å². The molecule has 0 amide bonds. The summed E-state index contributed by atoms with van der Waals surface area (Å²) in [6.07, 6.45) is 10.1. The number of rotatable bonds is 3. The van der Waals surface area contributed by atoms with E-state index in [1.54, 1.807) is 18.6 Å². The van der Waals surface area contributed by atoms with Crippen molar-refractivity contribution < 1.29 is 0 Å². The Bertz CT molecular complexity index is 549. The lowest BCUT2D eigenvalue weighted by atomic mass is 10.0. The molecule has 0 atom stereocenters. The summed E-state index contributed by atoms with van der Waals surface area (Å²) in [5, 5.41) is 3.10. The minimum atomic E-state index is 0.561. The first-order chi connectivity index (χ1) is 9.36. The molecule has 0 unspecified atom stereocenters. The molecule has 5 heteroatoms. The molecule has 1 N–H and O–H groups in total.